The molecule has 27 nitrogen and oxygen atoms in total. The summed E-state index contributed by atoms with van der Waals surface area (Å²) in [5, 5.41) is 109. The second kappa shape index (κ2) is 23.9. The van der Waals surface area contributed by atoms with Crippen molar-refractivity contribution in [2.45, 2.75) is 210 Å². The van der Waals surface area contributed by atoms with Crippen molar-refractivity contribution in [3.05, 3.63) is 0 Å². The van der Waals surface area contributed by atoms with Gasteiger partial charge in [0, 0.05) is 36.8 Å². The zero-order valence-corrected chi connectivity index (χ0v) is 37.8. The molecular weight excluding hydrogens is 882 g/mol. The summed E-state index contributed by atoms with van der Waals surface area (Å²) >= 11 is 0. The fourth-order valence-corrected chi connectivity index (χ4v) is 9.44. The average Bonchev–Trinajstić information content (AvgIpc) is 3.27. The van der Waals surface area contributed by atoms with E-state index in [1.165, 1.54) is 0 Å². The molecule has 0 amide bonds. The van der Waals surface area contributed by atoms with Gasteiger partial charge in [-0.15, -0.1) is 0 Å². The smallest absolute Gasteiger partial charge is 0.187 e. The number of rotatable bonds is 13. The third-order valence-electron chi connectivity index (χ3n) is 13.7. The third-order valence-corrected chi connectivity index (χ3v) is 13.7. The van der Waals surface area contributed by atoms with Crippen LogP contribution < -0.4 is 50.8 Å². The summed E-state index contributed by atoms with van der Waals surface area (Å²) in [5.74, 6) is 0. The fourth-order valence-electron chi connectivity index (χ4n) is 9.44. The molecule has 0 aromatic heterocycles. The monoisotopic (exact) mass is 962 g/mol. The van der Waals surface area contributed by atoms with E-state index in [2.05, 4.69) is 10.6 Å². The minimum atomic E-state index is -1.66. The van der Waals surface area contributed by atoms with E-state index in [-0.39, 0.29) is 37.8 Å². The van der Waals surface area contributed by atoms with Crippen LogP contribution in [-0.4, -0.2) is 256 Å². The Morgan fingerprint density at radius 2 is 1.08 bits per heavy atom. The number of aliphatic hydroxyl groups excluding tert-OH is 9. The van der Waals surface area contributed by atoms with Crippen molar-refractivity contribution in [1.82, 2.24) is 10.6 Å². The zero-order valence-electron chi connectivity index (χ0n) is 37.8. The van der Waals surface area contributed by atoms with E-state index in [9.17, 15) is 51.1 Å². The van der Waals surface area contributed by atoms with Gasteiger partial charge in [-0.25, -0.2) is 0 Å². The molecule has 66 heavy (non-hydrogen) atoms. The molecule has 28 atom stereocenters. The first-order chi connectivity index (χ1) is 31.0. The Bertz CT molecular complexity index is 1420. The van der Waals surface area contributed by atoms with Crippen LogP contribution in [0.3, 0.4) is 0 Å². The molecule has 4 aliphatic heterocycles. The van der Waals surface area contributed by atoms with Crippen LogP contribution in [-0.2, 0) is 37.9 Å². The van der Waals surface area contributed by atoms with E-state index in [0.29, 0.717) is 12.8 Å². The molecule has 26 N–H and O–H groups in total. The van der Waals surface area contributed by atoms with E-state index in [4.69, 9.17) is 78.0 Å². The normalized spacial score (nSPS) is 52.0. The number of likely N-dealkylation sites (N-methyl/N-ethyl adjacent to an activating group) is 2. The fraction of sp³-hybridized carbons (Fsp3) is 1.00. The molecule has 27 heteroatoms. The summed E-state index contributed by atoms with van der Waals surface area (Å²) in [5.41, 5.74) is 41.0. The second-order valence-electron chi connectivity index (χ2n) is 18.7. The highest BCUT2D eigenvalue weighted by atomic mass is 16.7. The van der Waals surface area contributed by atoms with Crippen LogP contribution in [0.5, 0.6) is 0 Å². The SMILES string of the molecule is CN[C@@H]1[C@@H](O)[C@H](O[C@H]2[C@H](O)[C@@H](O[C@@H]3O[C@H]([C@@H](C)NC)CC[C@H]3N)[C@H](N)C[C@@H]2N)OC[C@@]1(C)O.NC[C@H]1O[C@H](O[C@H]2[C@H](O)[C@@H](O[C@H]3O[C@H](CO)[C@@H](O)[C@H](N)[C@H]3O)[C@H](N)C[C@@H]2N)[C@H](O)[C@@H](O)[C@@H]1O. The molecule has 0 aromatic carbocycles. The van der Waals surface area contributed by atoms with Crippen molar-refractivity contribution in [2.24, 2.45) is 40.1 Å². The average molecular weight is 962 g/mol. The molecule has 4 saturated heterocycles. The highest BCUT2D eigenvalue weighted by Crippen LogP contribution is 2.34. The van der Waals surface area contributed by atoms with Gasteiger partial charge in [0.1, 0.15) is 91.1 Å². The zero-order chi connectivity index (χ0) is 49.1. The van der Waals surface area contributed by atoms with E-state index >= 15 is 0 Å². The molecule has 4 heterocycles. The van der Waals surface area contributed by atoms with Crippen molar-refractivity contribution < 1.29 is 89.0 Å². The minimum absolute atomic E-state index is 0.0620. The van der Waals surface area contributed by atoms with Gasteiger partial charge in [0.15, 0.2) is 25.2 Å². The van der Waals surface area contributed by atoms with Gasteiger partial charge in [-0.3, -0.25) is 0 Å². The lowest BCUT2D eigenvalue weighted by atomic mass is 9.84. The molecule has 0 aromatic rings. The van der Waals surface area contributed by atoms with E-state index in [1.807, 2.05) is 14.0 Å². The minimum Gasteiger partial charge on any atom is -0.394 e. The van der Waals surface area contributed by atoms with Crippen molar-refractivity contribution in [3.8, 4) is 0 Å². The number of nitrogens with two attached hydrogens (primary N) is 7. The van der Waals surface area contributed by atoms with Crippen molar-refractivity contribution in [3.63, 3.8) is 0 Å². The largest absolute Gasteiger partial charge is 0.394 e. The van der Waals surface area contributed by atoms with Crippen LogP contribution >= 0.6 is 0 Å². The molecule has 0 unspecified atom stereocenters. The topological polar surface area (TPSA) is 482 Å². The molecule has 0 radical (unpaired) electrons. The summed E-state index contributed by atoms with van der Waals surface area (Å²) in [6.07, 6.45) is -20.7. The molecule has 2 aliphatic carbocycles. The Balaban J connectivity index is 0.000000247. The van der Waals surface area contributed by atoms with Gasteiger partial charge in [0.05, 0.1) is 37.4 Å². The predicted molar refractivity (Wildman–Crippen MR) is 228 cm³/mol. The van der Waals surface area contributed by atoms with E-state index < -0.39 is 159 Å². The molecule has 6 rings (SSSR count). The molecular formula is C39H79N9O18. The molecule has 2 saturated carbocycles. The maximum Gasteiger partial charge on any atom is 0.187 e. The van der Waals surface area contributed by atoms with E-state index in [1.54, 1.807) is 14.0 Å². The van der Waals surface area contributed by atoms with Crippen LogP contribution in [0.1, 0.15) is 39.5 Å². The quantitative estimate of drug-likeness (QED) is 0.0815. The summed E-state index contributed by atoms with van der Waals surface area (Å²) in [6, 6.07) is -4.97. The Labute approximate surface area is 383 Å². The summed E-state index contributed by atoms with van der Waals surface area (Å²) in [4.78, 5) is 0. The number of ether oxygens (including phenoxy) is 8. The molecule has 0 spiro atoms. The van der Waals surface area contributed by atoms with Crippen LogP contribution in [0.25, 0.3) is 0 Å². The number of hydrogen-bond donors (Lipinski definition) is 19. The third kappa shape index (κ3) is 12.3. The van der Waals surface area contributed by atoms with Gasteiger partial charge in [-0.2, -0.15) is 0 Å². The number of nitrogens with one attached hydrogen (secondary N) is 2. The Hall–Kier alpha value is -1.08. The van der Waals surface area contributed by atoms with Crippen LogP contribution in [0, 0.1) is 0 Å². The van der Waals surface area contributed by atoms with Gasteiger partial charge in [-0.1, -0.05) is 0 Å². The first-order valence-corrected chi connectivity index (χ1v) is 22.6. The van der Waals surface area contributed by atoms with Crippen LogP contribution in [0.2, 0.25) is 0 Å². The summed E-state index contributed by atoms with van der Waals surface area (Å²) < 4.78 is 45.9. The van der Waals surface area contributed by atoms with Gasteiger partial charge < -0.3 is 140 Å². The number of aliphatic hydroxyl groups is 10. The summed E-state index contributed by atoms with van der Waals surface area (Å²) in [7, 11) is 3.49. The van der Waals surface area contributed by atoms with Crippen molar-refractivity contribution in [1.29, 1.82) is 0 Å². The highest BCUT2D eigenvalue weighted by Gasteiger charge is 2.53. The van der Waals surface area contributed by atoms with Crippen molar-refractivity contribution in [2.75, 3.05) is 33.9 Å². The van der Waals surface area contributed by atoms with Gasteiger partial charge in [0.25, 0.3) is 0 Å². The van der Waals surface area contributed by atoms with Gasteiger partial charge >= 0.3 is 0 Å². The number of hydrogen-bond acceptors (Lipinski definition) is 27. The summed E-state index contributed by atoms with van der Waals surface area (Å²) in [6.45, 7) is 2.76. The van der Waals surface area contributed by atoms with Gasteiger partial charge in [-0.05, 0) is 53.6 Å². The van der Waals surface area contributed by atoms with Crippen LogP contribution in [0.4, 0.5) is 0 Å². The predicted octanol–water partition coefficient (Wildman–Crippen LogP) is -10.6. The molecule has 6 fully saturated rings. The molecule has 0 bridgehead atoms. The maximum absolute atomic E-state index is 11.1. The van der Waals surface area contributed by atoms with Crippen molar-refractivity contribution >= 4 is 0 Å². The first-order valence-electron chi connectivity index (χ1n) is 22.6. The maximum atomic E-state index is 11.1. The van der Waals surface area contributed by atoms with E-state index in [0.717, 1.165) is 6.42 Å². The second-order valence-corrected chi connectivity index (χ2v) is 18.7. The lowest BCUT2D eigenvalue weighted by molar-refractivity contribution is -0.332. The van der Waals surface area contributed by atoms with Crippen LogP contribution in [0.15, 0.2) is 0 Å². The lowest BCUT2D eigenvalue weighted by Crippen LogP contribution is -2.68. The standard InChI is InChI=1S/C21H43N5O7.C18H36N4O11/c1-9(25-3)13-6-5-10(22)19(31-13)32-16-11(23)7-12(24)17(14(16)27)33-20-15(28)18(26-4)21(2,29)8-30-20;19-2-6-10(25)12(27)13(28)18(30-6)33-16-5(21)1-4(20)15(14(16)29)32-17-11(26)8(22)9(24)7(3-23)31-17/h9-20,25-29H,5-8,22-24H2,1-4H3;4-18,23-29H,1-3,19-22H2/t9-,10-,11-,12+,13+,14-,15-,16+,17-,18-,19+,20+,21-;4-,5+,6-,7-,8+,9-,10-,11-,12+,13-,14-,15+,16-,17-,18-/m11/s1. The molecule has 6 aliphatic rings. The Morgan fingerprint density at radius 1 is 0.591 bits per heavy atom. The lowest BCUT2D eigenvalue weighted by Gasteiger charge is -2.48. The first kappa shape index (κ1) is 55.8. The molecule has 388 valence electrons. The van der Waals surface area contributed by atoms with Gasteiger partial charge in [0.2, 0.25) is 0 Å². The highest BCUT2D eigenvalue weighted by molar-refractivity contribution is 5.04. The Morgan fingerprint density at radius 3 is 1.56 bits per heavy atom. The Kier molecular flexibility index (Phi) is 20.2.